The Bertz CT molecular complexity index is 1070. The molecule has 0 saturated heterocycles. The van der Waals surface area contributed by atoms with Gasteiger partial charge < -0.3 is 13.9 Å². The molecule has 0 N–H and O–H groups in total. The molecule has 1 aromatic heterocycles. The van der Waals surface area contributed by atoms with Crippen LogP contribution < -0.4 is 9.47 Å². The number of Topliss-reactive ketones (excluding diaryl/α,β-unsaturated/α-hetero) is 1. The van der Waals surface area contributed by atoms with E-state index in [1.165, 1.54) is 6.07 Å². The van der Waals surface area contributed by atoms with Crippen LogP contribution >= 0.6 is 0 Å². The summed E-state index contributed by atoms with van der Waals surface area (Å²) in [5.41, 5.74) is 1.92. The predicted octanol–water partition coefficient (Wildman–Crippen LogP) is 4.73. The molecule has 134 valence electrons. The van der Waals surface area contributed by atoms with Gasteiger partial charge in [0.2, 0.25) is 5.78 Å². The van der Waals surface area contributed by atoms with E-state index in [1.807, 2.05) is 32.0 Å². The minimum absolute atomic E-state index is 0.168. The second-order valence-corrected chi connectivity index (χ2v) is 6.30. The van der Waals surface area contributed by atoms with Gasteiger partial charge in [-0.15, -0.1) is 0 Å². The van der Waals surface area contributed by atoms with Gasteiger partial charge in [0.1, 0.15) is 23.0 Å². The van der Waals surface area contributed by atoms with E-state index in [9.17, 15) is 9.59 Å². The van der Waals surface area contributed by atoms with E-state index in [-0.39, 0.29) is 11.5 Å². The van der Waals surface area contributed by atoms with Crippen LogP contribution in [0.15, 0.2) is 64.8 Å². The molecule has 0 bridgehead atoms. The molecule has 0 spiro atoms. The molecule has 0 aliphatic carbocycles. The van der Waals surface area contributed by atoms with Crippen molar-refractivity contribution in [2.24, 2.45) is 0 Å². The van der Waals surface area contributed by atoms with Gasteiger partial charge in [-0.1, -0.05) is 17.7 Å². The average Bonchev–Trinajstić information content (AvgIpc) is 3.19. The SMILES string of the molecule is Cc1ccc(C(=O)Oc2ccc3c(c2)O/C(=C\c2ccc(C)o2)C3=O)cc1. The zero-order valence-corrected chi connectivity index (χ0v) is 14.8. The first kappa shape index (κ1) is 16.8. The Morgan fingerprint density at radius 3 is 2.48 bits per heavy atom. The molecule has 0 saturated carbocycles. The highest BCUT2D eigenvalue weighted by Gasteiger charge is 2.28. The third-order valence-corrected chi connectivity index (χ3v) is 4.17. The fraction of sp³-hybridized carbons (Fsp3) is 0.0909. The van der Waals surface area contributed by atoms with E-state index >= 15 is 0 Å². The molecule has 5 heteroatoms. The number of ketones is 1. The number of rotatable bonds is 3. The van der Waals surface area contributed by atoms with Crippen LogP contribution in [0, 0.1) is 13.8 Å². The molecular formula is C22H16O5. The van der Waals surface area contributed by atoms with Crippen LogP contribution in [0.1, 0.15) is 37.8 Å². The number of esters is 1. The number of ether oxygens (including phenoxy) is 2. The summed E-state index contributed by atoms with van der Waals surface area (Å²) in [5, 5.41) is 0. The van der Waals surface area contributed by atoms with E-state index in [0.29, 0.717) is 28.4 Å². The van der Waals surface area contributed by atoms with Crippen LogP contribution in [0.3, 0.4) is 0 Å². The van der Waals surface area contributed by atoms with Gasteiger partial charge in [-0.05, 0) is 50.2 Å². The quantitative estimate of drug-likeness (QED) is 0.384. The first-order valence-corrected chi connectivity index (χ1v) is 8.43. The number of hydrogen-bond donors (Lipinski definition) is 0. The number of carbonyl (C=O) groups is 2. The topological polar surface area (TPSA) is 65.7 Å². The number of furan rings is 1. The van der Waals surface area contributed by atoms with Crippen LogP contribution in [0.5, 0.6) is 11.5 Å². The number of aryl methyl sites for hydroxylation is 2. The second-order valence-electron chi connectivity index (χ2n) is 6.30. The summed E-state index contributed by atoms with van der Waals surface area (Å²) in [6.45, 7) is 3.77. The summed E-state index contributed by atoms with van der Waals surface area (Å²) in [7, 11) is 0. The third kappa shape index (κ3) is 3.40. The molecule has 4 rings (SSSR count). The fourth-order valence-corrected chi connectivity index (χ4v) is 2.75. The first-order chi connectivity index (χ1) is 13.0. The number of hydrogen-bond acceptors (Lipinski definition) is 5. The van der Waals surface area contributed by atoms with Crippen molar-refractivity contribution in [2.45, 2.75) is 13.8 Å². The van der Waals surface area contributed by atoms with Gasteiger partial charge in [0, 0.05) is 12.1 Å². The summed E-state index contributed by atoms with van der Waals surface area (Å²) in [4.78, 5) is 24.7. The van der Waals surface area contributed by atoms with Crippen LogP contribution in [0.25, 0.3) is 6.08 Å². The van der Waals surface area contributed by atoms with Gasteiger partial charge in [0.05, 0.1) is 11.1 Å². The minimum Gasteiger partial charge on any atom is -0.462 e. The number of allylic oxidation sites excluding steroid dienone is 1. The lowest BCUT2D eigenvalue weighted by Crippen LogP contribution is -2.08. The summed E-state index contributed by atoms with van der Waals surface area (Å²) in [6.07, 6.45) is 1.55. The van der Waals surface area contributed by atoms with Crippen molar-refractivity contribution in [1.29, 1.82) is 0 Å². The molecule has 1 aliphatic heterocycles. The van der Waals surface area contributed by atoms with Crippen molar-refractivity contribution in [3.63, 3.8) is 0 Å². The normalized spacial score (nSPS) is 14.1. The Morgan fingerprint density at radius 1 is 1.00 bits per heavy atom. The lowest BCUT2D eigenvalue weighted by Gasteiger charge is -2.06. The van der Waals surface area contributed by atoms with E-state index < -0.39 is 5.97 Å². The molecule has 5 nitrogen and oxygen atoms in total. The van der Waals surface area contributed by atoms with Crippen molar-refractivity contribution in [3.8, 4) is 11.5 Å². The molecule has 2 aromatic carbocycles. The molecule has 0 amide bonds. The Morgan fingerprint density at radius 2 is 1.78 bits per heavy atom. The predicted molar refractivity (Wildman–Crippen MR) is 99.0 cm³/mol. The summed E-state index contributed by atoms with van der Waals surface area (Å²) >= 11 is 0. The van der Waals surface area contributed by atoms with E-state index in [1.54, 1.807) is 36.4 Å². The smallest absolute Gasteiger partial charge is 0.343 e. The molecule has 2 heterocycles. The summed E-state index contributed by atoms with van der Waals surface area (Å²) in [6, 6.07) is 15.4. The minimum atomic E-state index is -0.471. The molecule has 0 unspecified atom stereocenters. The number of carbonyl (C=O) groups excluding carboxylic acids is 2. The highest BCUT2D eigenvalue weighted by Crippen LogP contribution is 2.35. The maximum atomic E-state index is 12.5. The lowest BCUT2D eigenvalue weighted by molar-refractivity contribution is 0.0734. The maximum Gasteiger partial charge on any atom is 0.343 e. The van der Waals surface area contributed by atoms with Gasteiger partial charge in [0.15, 0.2) is 5.76 Å². The van der Waals surface area contributed by atoms with Gasteiger partial charge in [0.25, 0.3) is 0 Å². The maximum absolute atomic E-state index is 12.5. The lowest BCUT2D eigenvalue weighted by atomic mass is 10.1. The standard InChI is InChI=1S/C22H16O5/c1-13-3-6-15(7-4-13)22(24)26-17-9-10-18-19(11-17)27-20(21(18)23)12-16-8-5-14(2)25-16/h3-12H,1-2H3/b20-12-. The van der Waals surface area contributed by atoms with E-state index in [2.05, 4.69) is 0 Å². The van der Waals surface area contributed by atoms with Crippen LogP contribution in [0.2, 0.25) is 0 Å². The van der Waals surface area contributed by atoms with Crippen molar-refractivity contribution in [1.82, 2.24) is 0 Å². The summed E-state index contributed by atoms with van der Waals surface area (Å²) in [5.74, 6) is 1.40. The Kier molecular flexibility index (Phi) is 4.12. The molecule has 0 radical (unpaired) electrons. The van der Waals surface area contributed by atoms with Gasteiger partial charge >= 0.3 is 5.97 Å². The van der Waals surface area contributed by atoms with Crippen LogP contribution in [-0.4, -0.2) is 11.8 Å². The largest absolute Gasteiger partial charge is 0.462 e. The highest BCUT2D eigenvalue weighted by atomic mass is 16.5. The summed E-state index contributed by atoms with van der Waals surface area (Å²) < 4.78 is 16.5. The van der Waals surface area contributed by atoms with Crippen molar-refractivity contribution in [2.75, 3.05) is 0 Å². The zero-order chi connectivity index (χ0) is 19.0. The first-order valence-electron chi connectivity index (χ1n) is 8.43. The second kappa shape index (κ2) is 6.61. The monoisotopic (exact) mass is 360 g/mol. The zero-order valence-electron chi connectivity index (χ0n) is 14.8. The molecule has 0 fully saturated rings. The molecule has 1 aliphatic rings. The molecule has 3 aromatic rings. The number of benzene rings is 2. The Balaban J connectivity index is 1.54. The van der Waals surface area contributed by atoms with Crippen LogP contribution in [-0.2, 0) is 0 Å². The van der Waals surface area contributed by atoms with Crippen molar-refractivity contribution in [3.05, 3.63) is 88.6 Å². The van der Waals surface area contributed by atoms with E-state index in [4.69, 9.17) is 13.9 Å². The van der Waals surface area contributed by atoms with Crippen LogP contribution in [0.4, 0.5) is 0 Å². The van der Waals surface area contributed by atoms with Gasteiger partial charge in [-0.2, -0.15) is 0 Å². The molecular weight excluding hydrogens is 344 g/mol. The third-order valence-electron chi connectivity index (χ3n) is 4.17. The Hall–Kier alpha value is -3.60. The van der Waals surface area contributed by atoms with E-state index in [0.717, 1.165) is 11.3 Å². The highest BCUT2D eigenvalue weighted by molar-refractivity contribution is 6.14. The van der Waals surface area contributed by atoms with Crippen molar-refractivity contribution < 1.29 is 23.5 Å². The Labute approximate surface area is 155 Å². The number of fused-ring (bicyclic) bond motifs is 1. The van der Waals surface area contributed by atoms with Gasteiger partial charge in [-0.25, -0.2) is 4.79 Å². The average molecular weight is 360 g/mol. The molecule has 0 atom stereocenters. The van der Waals surface area contributed by atoms with Crippen molar-refractivity contribution >= 4 is 17.8 Å². The molecule has 27 heavy (non-hydrogen) atoms. The van der Waals surface area contributed by atoms with Gasteiger partial charge in [-0.3, -0.25) is 4.79 Å². The fourth-order valence-electron chi connectivity index (χ4n) is 2.75.